The van der Waals surface area contributed by atoms with E-state index in [0.29, 0.717) is 5.92 Å². The molecule has 0 fully saturated rings. The molecule has 1 atom stereocenters. The van der Waals surface area contributed by atoms with Crippen molar-refractivity contribution in [3.05, 3.63) is 22.9 Å². The maximum atomic E-state index is 5.91. The number of aryl methyl sites for hydroxylation is 2. The minimum Gasteiger partial charge on any atom is -0.477 e. The van der Waals surface area contributed by atoms with Crippen molar-refractivity contribution in [1.82, 2.24) is 10.3 Å². The molecule has 3 heteroatoms. The van der Waals surface area contributed by atoms with Gasteiger partial charge in [-0.2, -0.15) is 0 Å². The van der Waals surface area contributed by atoms with E-state index in [-0.39, 0.29) is 0 Å². The Morgan fingerprint density at radius 3 is 2.72 bits per heavy atom. The molecule has 1 heterocycles. The second kappa shape index (κ2) is 7.37. The van der Waals surface area contributed by atoms with Gasteiger partial charge in [-0.1, -0.05) is 20.3 Å². The SMILES string of the molecule is CCCC(C)COc1nc(C)cc(C)c1CNC. The Hall–Kier alpha value is -1.09. The zero-order valence-electron chi connectivity index (χ0n) is 12.3. The maximum absolute atomic E-state index is 5.91. The summed E-state index contributed by atoms with van der Waals surface area (Å²) in [5.41, 5.74) is 3.44. The minimum atomic E-state index is 0.583. The zero-order chi connectivity index (χ0) is 13.5. The van der Waals surface area contributed by atoms with Crippen molar-refractivity contribution in [2.75, 3.05) is 13.7 Å². The number of hydrogen-bond acceptors (Lipinski definition) is 3. The predicted molar refractivity (Wildman–Crippen MR) is 76.0 cm³/mol. The lowest BCUT2D eigenvalue weighted by atomic mass is 10.1. The van der Waals surface area contributed by atoms with Gasteiger partial charge in [0.1, 0.15) is 0 Å². The number of hydrogen-bond donors (Lipinski definition) is 1. The van der Waals surface area contributed by atoms with Crippen LogP contribution in [0.1, 0.15) is 43.5 Å². The lowest BCUT2D eigenvalue weighted by Gasteiger charge is -2.16. The first kappa shape index (κ1) is 15.0. The molecule has 1 aromatic heterocycles. The summed E-state index contributed by atoms with van der Waals surface area (Å²) >= 11 is 0. The van der Waals surface area contributed by atoms with Crippen LogP contribution in [0.2, 0.25) is 0 Å². The van der Waals surface area contributed by atoms with E-state index < -0.39 is 0 Å². The first-order valence-corrected chi connectivity index (χ1v) is 6.83. The highest BCUT2D eigenvalue weighted by molar-refractivity contribution is 5.35. The van der Waals surface area contributed by atoms with Crippen molar-refractivity contribution in [1.29, 1.82) is 0 Å². The Bertz CT molecular complexity index is 377. The van der Waals surface area contributed by atoms with Crippen LogP contribution in [-0.4, -0.2) is 18.6 Å². The number of rotatable bonds is 7. The van der Waals surface area contributed by atoms with Crippen molar-refractivity contribution in [2.45, 2.75) is 47.1 Å². The molecule has 0 aromatic carbocycles. The van der Waals surface area contributed by atoms with Gasteiger partial charge in [0.15, 0.2) is 0 Å². The van der Waals surface area contributed by atoms with E-state index in [0.717, 1.165) is 24.7 Å². The van der Waals surface area contributed by atoms with E-state index in [9.17, 15) is 0 Å². The first-order chi connectivity index (χ1) is 8.58. The highest BCUT2D eigenvalue weighted by Gasteiger charge is 2.11. The average Bonchev–Trinajstić information content (AvgIpc) is 2.31. The second-order valence-corrected chi connectivity index (χ2v) is 5.10. The lowest BCUT2D eigenvalue weighted by molar-refractivity contribution is 0.240. The van der Waals surface area contributed by atoms with E-state index in [1.807, 2.05) is 14.0 Å². The van der Waals surface area contributed by atoms with Crippen LogP contribution in [0.5, 0.6) is 5.88 Å². The summed E-state index contributed by atoms with van der Waals surface area (Å²) in [6.45, 7) is 10.1. The Labute approximate surface area is 111 Å². The highest BCUT2D eigenvalue weighted by Crippen LogP contribution is 2.21. The fourth-order valence-corrected chi connectivity index (χ4v) is 2.14. The number of nitrogens with one attached hydrogen (secondary N) is 1. The summed E-state index contributed by atoms with van der Waals surface area (Å²) in [5.74, 6) is 1.38. The molecule has 1 N–H and O–H groups in total. The smallest absolute Gasteiger partial charge is 0.218 e. The third-order valence-corrected chi connectivity index (χ3v) is 3.08. The lowest BCUT2D eigenvalue weighted by Crippen LogP contribution is -2.14. The maximum Gasteiger partial charge on any atom is 0.218 e. The Morgan fingerprint density at radius 2 is 2.11 bits per heavy atom. The molecule has 18 heavy (non-hydrogen) atoms. The number of ether oxygens (including phenoxy) is 1. The van der Waals surface area contributed by atoms with Gasteiger partial charge < -0.3 is 10.1 Å². The predicted octanol–water partition coefficient (Wildman–Crippen LogP) is 3.23. The van der Waals surface area contributed by atoms with E-state index in [1.54, 1.807) is 0 Å². The third kappa shape index (κ3) is 4.30. The van der Waals surface area contributed by atoms with E-state index >= 15 is 0 Å². The van der Waals surface area contributed by atoms with Gasteiger partial charge in [0.25, 0.3) is 0 Å². The number of aromatic nitrogens is 1. The molecule has 1 unspecified atom stereocenters. The van der Waals surface area contributed by atoms with E-state index in [2.05, 4.69) is 37.1 Å². The highest BCUT2D eigenvalue weighted by atomic mass is 16.5. The number of pyridine rings is 1. The molecule has 0 amide bonds. The molecule has 0 aliphatic carbocycles. The van der Waals surface area contributed by atoms with Gasteiger partial charge in [0.2, 0.25) is 5.88 Å². The molecule has 0 aliphatic heterocycles. The zero-order valence-corrected chi connectivity index (χ0v) is 12.3. The molecular formula is C15H26N2O. The fraction of sp³-hybridized carbons (Fsp3) is 0.667. The van der Waals surface area contributed by atoms with Crippen molar-refractivity contribution in [2.24, 2.45) is 5.92 Å². The Kier molecular flexibility index (Phi) is 6.13. The van der Waals surface area contributed by atoms with Crippen molar-refractivity contribution >= 4 is 0 Å². The molecule has 3 nitrogen and oxygen atoms in total. The van der Waals surface area contributed by atoms with Gasteiger partial charge in [-0.05, 0) is 44.9 Å². The molecule has 1 aromatic rings. The van der Waals surface area contributed by atoms with Gasteiger partial charge >= 0.3 is 0 Å². The van der Waals surface area contributed by atoms with Crippen LogP contribution < -0.4 is 10.1 Å². The topological polar surface area (TPSA) is 34.1 Å². The van der Waals surface area contributed by atoms with Crippen LogP contribution in [-0.2, 0) is 6.54 Å². The third-order valence-electron chi connectivity index (χ3n) is 3.08. The van der Waals surface area contributed by atoms with Gasteiger partial charge in [-0.15, -0.1) is 0 Å². The van der Waals surface area contributed by atoms with Crippen LogP contribution in [0, 0.1) is 19.8 Å². The van der Waals surface area contributed by atoms with Gasteiger partial charge in [0, 0.05) is 17.8 Å². The van der Waals surface area contributed by atoms with Gasteiger partial charge in [0.05, 0.1) is 6.61 Å². The molecule has 1 rings (SSSR count). The molecule has 0 aliphatic rings. The quantitative estimate of drug-likeness (QED) is 0.806. The van der Waals surface area contributed by atoms with Crippen LogP contribution in [0.4, 0.5) is 0 Å². The van der Waals surface area contributed by atoms with Crippen molar-refractivity contribution in [3.8, 4) is 5.88 Å². The van der Waals surface area contributed by atoms with Gasteiger partial charge in [-0.3, -0.25) is 0 Å². The van der Waals surface area contributed by atoms with Crippen molar-refractivity contribution < 1.29 is 4.74 Å². The average molecular weight is 250 g/mol. The molecule has 102 valence electrons. The Morgan fingerprint density at radius 1 is 1.39 bits per heavy atom. The molecule has 0 saturated carbocycles. The summed E-state index contributed by atoms with van der Waals surface area (Å²) in [5, 5.41) is 3.18. The summed E-state index contributed by atoms with van der Waals surface area (Å²) in [7, 11) is 1.95. The van der Waals surface area contributed by atoms with Crippen LogP contribution in [0.3, 0.4) is 0 Å². The minimum absolute atomic E-state index is 0.583. The summed E-state index contributed by atoms with van der Waals surface area (Å²) in [4.78, 5) is 4.52. The fourth-order valence-electron chi connectivity index (χ4n) is 2.14. The molecule has 0 spiro atoms. The largest absolute Gasteiger partial charge is 0.477 e. The van der Waals surface area contributed by atoms with Crippen LogP contribution in [0.25, 0.3) is 0 Å². The van der Waals surface area contributed by atoms with Crippen molar-refractivity contribution in [3.63, 3.8) is 0 Å². The van der Waals surface area contributed by atoms with Gasteiger partial charge in [-0.25, -0.2) is 4.98 Å². The number of nitrogens with zero attached hydrogens (tertiary/aromatic N) is 1. The molecule has 0 bridgehead atoms. The Balaban J connectivity index is 2.79. The standard InChI is InChI=1S/C15H26N2O/c1-6-7-11(2)10-18-15-14(9-16-5)12(3)8-13(4)17-15/h8,11,16H,6-7,9-10H2,1-5H3. The monoisotopic (exact) mass is 250 g/mol. The molecule has 0 radical (unpaired) electrons. The molecular weight excluding hydrogens is 224 g/mol. The van der Waals surface area contributed by atoms with E-state index in [4.69, 9.17) is 4.74 Å². The summed E-state index contributed by atoms with van der Waals surface area (Å²) in [6, 6.07) is 2.11. The van der Waals surface area contributed by atoms with E-state index in [1.165, 1.54) is 24.0 Å². The molecule has 0 saturated heterocycles. The first-order valence-electron chi connectivity index (χ1n) is 6.83. The second-order valence-electron chi connectivity index (χ2n) is 5.10. The summed E-state index contributed by atoms with van der Waals surface area (Å²) < 4.78 is 5.91. The van der Waals surface area contributed by atoms with Crippen LogP contribution in [0.15, 0.2) is 6.07 Å². The summed E-state index contributed by atoms with van der Waals surface area (Å²) in [6.07, 6.45) is 2.40. The normalized spacial score (nSPS) is 12.5. The van der Waals surface area contributed by atoms with Crippen LogP contribution >= 0.6 is 0 Å².